The Labute approximate surface area is 86.4 Å². The topological polar surface area (TPSA) is 32.3 Å². The van der Waals surface area contributed by atoms with E-state index in [9.17, 15) is 5.11 Å². The average Bonchev–Trinajstić information content (AvgIpc) is 2.74. The molecule has 2 heteroatoms. The minimum atomic E-state index is 0.00366. The Hall–Kier alpha value is -0.340. The van der Waals surface area contributed by atoms with E-state index in [4.69, 9.17) is 0 Å². The zero-order valence-corrected chi connectivity index (χ0v) is 9.16. The smallest absolute Gasteiger partial charge is 0.0619 e. The fraction of sp³-hybridized carbons (Fsp3) is 0.833. The van der Waals surface area contributed by atoms with Gasteiger partial charge in [-0.1, -0.05) is 26.0 Å². The second-order valence-corrected chi connectivity index (χ2v) is 5.28. The molecule has 0 radical (unpaired) electrons. The van der Waals surface area contributed by atoms with E-state index in [0.717, 1.165) is 13.0 Å². The second-order valence-electron chi connectivity index (χ2n) is 5.28. The summed E-state index contributed by atoms with van der Waals surface area (Å²) in [6, 6.07) is 0. The van der Waals surface area contributed by atoms with E-state index >= 15 is 0 Å². The summed E-state index contributed by atoms with van der Waals surface area (Å²) in [5.41, 5.74) is 0.00366. The Kier molecular flexibility index (Phi) is 2.67. The van der Waals surface area contributed by atoms with Gasteiger partial charge in [0.2, 0.25) is 0 Å². The number of fused-ring (bicyclic) bond motifs is 2. The van der Waals surface area contributed by atoms with Crippen molar-refractivity contribution in [2.75, 3.05) is 13.2 Å². The van der Waals surface area contributed by atoms with Crippen LogP contribution in [0.1, 0.15) is 26.7 Å². The van der Waals surface area contributed by atoms with Gasteiger partial charge in [0.25, 0.3) is 0 Å². The molecule has 0 aromatic rings. The summed E-state index contributed by atoms with van der Waals surface area (Å²) in [6.45, 7) is 5.71. The van der Waals surface area contributed by atoms with Crippen molar-refractivity contribution in [3.8, 4) is 0 Å². The molecule has 0 saturated heterocycles. The summed E-state index contributed by atoms with van der Waals surface area (Å²) in [5.74, 6) is 1.93. The van der Waals surface area contributed by atoms with Gasteiger partial charge in [-0.25, -0.2) is 0 Å². The average molecular weight is 195 g/mol. The van der Waals surface area contributed by atoms with Crippen LogP contribution in [-0.4, -0.2) is 23.8 Å². The minimum Gasteiger partial charge on any atom is -0.394 e. The lowest BCUT2D eigenvalue weighted by atomic mass is 9.85. The third kappa shape index (κ3) is 1.61. The minimum absolute atomic E-state index is 0.00366. The maximum Gasteiger partial charge on any atom is 0.0619 e. The molecule has 1 saturated carbocycles. The number of allylic oxidation sites excluding steroid dienone is 1. The molecule has 0 aromatic carbocycles. The highest BCUT2D eigenvalue weighted by atomic mass is 16.3. The van der Waals surface area contributed by atoms with E-state index in [1.165, 1.54) is 6.42 Å². The number of aliphatic hydroxyl groups is 1. The highest BCUT2D eigenvalue weighted by Gasteiger charge is 2.47. The van der Waals surface area contributed by atoms with Gasteiger partial charge in [-0.15, -0.1) is 0 Å². The lowest BCUT2D eigenvalue weighted by Gasteiger charge is -2.35. The first-order valence-corrected chi connectivity index (χ1v) is 5.70. The van der Waals surface area contributed by atoms with Crippen LogP contribution < -0.4 is 5.32 Å². The number of nitrogens with one attached hydrogen (secondary N) is 1. The zero-order chi connectivity index (χ0) is 10.2. The van der Waals surface area contributed by atoms with Gasteiger partial charge in [0.1, 0.15) is 0 Å². The predicted molar refractivity (Wildman–Crippen MR) is 58.0 cm³/mol. The molecule has 2 nitrogen and oxygen atoms in total. The molecule has 2 aliphatic carbocycles. The van der Waals surface area contributed by atoms with Crippen molar-refractivity contribution in [1.29, 1.82) is 0 Å². The molecule has 0 amide bonds. The standard InChI is InChI=1S/C12H21NO/c1-9(2)7-13-12(8-14)6-10-3-4-11(12)5-10/h3-4,9-11,13-14H,5-8H2,1-2H3/t10-,11+,12+/m1/s1. The number of hydrogen-bond acceptors (Lipinski definition) is 2. The quantitative estimate of drug-likeness (QED) is 0.667. The van der Waals surface area contributed by atoms with Crippen LogP contribution in [-0.2, 0) is 0 Å². The number of rotatable bonds is 4. The van der Waals surface area contributed by atoms with Crippen LogP contribution in [0.2, 0.25) is 0 Å². The van der Waals surface area contributed by atoms with Gasteiger partial charge in [-0.2, -0.15) is 0 Å². The van der Waals surface area contributed by atoms with Crippen LogP contribution >= 0.6 is 0 Å². The van der Waals surface area contributed by atoms with Crippen molar-refractivity contribution >= 4 is 0 Å². The van der Waals surface area contributed by atoms with E-state index in [-0.39, 0.29) is 12.1 Å². The van der Waals surface area contributed by atoms with Crippen LogP contribution in [0.15, 0.2) is 12.2 Å². The van der Waals surface area contributed by atoms with Crippen LogP contribution in [0.4, 0.5) is 0 Å². The first kappa shape index (κ1) is 10.2. The first-order valence-electron chi connectivity index (χ1n) is 5.70. The van der Waals surface area contributed by atoms with Crippen LogP contribution in [0.25, 0.3) is 0 Å². The molecule has 0 unspecified atom stereocenters. The van der Waals surface area contributed by atoms with Crippen molar-refractivity contribution < 1.29 is 5.11 Å². The molecule has 2 N–H and O–H groups in total. The van der Waals surface area contributed by atoms with E-state index in [1.807, 2.05) is 0 Å². The molecule has 0 aromatic heterocycles. The largest absolute Gasteiger partial charge is 0.394 e. The SMILES string of the molecule is CC(C)CN[C@]1(CO)C[C@@H]2C=C[C@H]1C2. The Balaban J connectivity index is 2.01. The molecule has 2 bridgehead atoms. The molecular weight excluding hydrogens is 174 g/mol. The van der Waals surface area contributed by atoms with Crippen LogP contribution in [0.3, 0.4) is 0 Å². The van der Waals surface area contributed by atoms with Gasteiger partial charge < -0.3 is 10.4 Å². The number of hydrogen-bond donors (Lipinski definition) is 2. The first-order chi connectivity index (χ1) is 6.66. The van der Waals surface area contributed by atoms with Gasteiger partial charge >= 0.3 is 0 Å². The maximum atomic E-state index is 9.56. The summed E-state index contributed by atoms with van der Waals surface area (Å²) in [5, 5.41) is 13.1. The summed E-state index contributed by atoms with van der Waals surface area (Å²) < 4.78 is 0. The van der Waals surface area contributed by atoms with E-state index < -0.39 is 0 Å². The highest BCUT2D eigenvalue weighted by molar-refractivity contribution is 5.19. The molecule has 0 heterocycles. The van der Waals surface area contributed by atoms with E-state index in [1.54, 1.807) is 0 Å². The van der Waals surface area contributed by atoms with E-state index in [2.05, 4.69) is 31.3 Å². The summed E-state index contributed by atoms with van der Waals surface area (Å²) >= 11 is 0. The summed E-state index contributed by atoms with van der Waals surface area (Å²) in [4.78, 5) is 0. The van der Waals surface area contributed by atoms with Crippen molar-refractivity contribution in [3.63, 3.8) is 0 Å². The van der Waals surface area contributed by atoms with Crippen molar-refractivity contribution in [1.82, 2.24) is 5.32 Å². The number of aliphatic hydroxyl groups excluding tert-OH is 1. The third-order valence-electron chi connectivity index (χ3n) is 3.65. The fourth-order valence-electron chi connectivity index (χ4n) is 2.80. The van der Waals surface area contributed by atoms with Gasteiger partial charge in [0.15, 0.2) is 0 Å². The second kappa shape index (κ2) is 3.67. The molecule has 0 spiro atoms. The molecular formula is C12H21NO. The van der Waals surface area contributed by atoms with Crippen LogP contribution in [0.5, 0.6) is 0 Å². The molecule has 14 heavy (non-hydrogen) atoms. The predicted octanol–water partition coefficient (Wildman–Crippen LogP) is 1.56. The molecule has 2 aliphatic rings. The monoisotopic (exact) mass is 195 g/mol. The van der Waals surface area contributed by atoms with Gasteiger partial charge in [-0.3, -0.25) is 0 Å². The van der Waals surface area contributed by atoms with Crippen molar-refractivity contribution in [2.45, 2.75) is 32.2 Å². The van der Waals surface area contributed by atoms with Crippen LogP contribution in [0, 0.1) is 17.8 Å². The molecule has 3 atom stereocenters. The Morgan fingerprint density at radius 3 is 2.71 bits per heavy atom. The summed E-state index contributed by atoms with van der Waals surface area (Å²) in [7, 11) is 0. The highest BCUT2D eigenvalue weighted by Crippen LogP contribution is 2.45. The lowest BCUT2D eigenvalue weighted by molar-refractivity contribution is 0.132. The maximum absolute atomic E-state index is 9.56. The van der Waals surface area contributed by atoms with Crippen molar-refractivity contribution in [3.05, 3.63) is 12.2 Å². The molecule has 1 fully saturated rings. The Bertz CT molecular complexity index is 236. The fourth-order valence-corrected chi connectivity index (χ4v) is 2.80. The Morgan fingerprint density at radius 1 is 1.50 bits per heavy atom. The van der Waals surface area contributed by atoms with Gasteiger partial charge in [-0.05, 0) is 37.1 Å². The molecule has 0 aliphatic heterocycles. The normalized spacial score (nSPS) is 40.0. The van der Waals surface area contributed by atoms with Gasteiger partial charge in [0.05, 0.1) is 6.61 Å². The Morgan fingerprint density at radius 2 is 2.29 bits per heavy atom. The zero-order valence-electron chi connectivity index (χ0n) is 9.16. The van der Waals surface area contributed by atoms with E-state index in [0.29, 0.717) is 17.8 Å². The molecule has 80 valence electrons. The lowest BCUT2D eigenvalue weighted by Crippen LogP contribution is -2.52. The third-order valence-corrected chi connectivity index (χ3v) is 3.65. The summed E-state index contributed by atoms with van der Waals surface area (Å²) in [6.07, 6.45) is 6.97. The molecule has 2 rings (SSSR count). The van der Waals surface area contributed by atoms with Gasteiger partial charge in [0, 0.05) is 5.54 Å². The van der Waals surface area contributed by atoms with Crippen molar-refractivity contribution in [2.24, 2.45) is 17.8 Å².